The Morgan fingerprint density at radius 3 is 2.14 bits per heavy atom. The van der Waals surface area contributed by atoms with Gasteiger partial charge in [-0.25, -0.2) is 0 Å². The molecule has 0 saturated carbocycles. The summed E-state index contributed by atoms with van der Waals surface area (Å²) in [6.45, 7) is 6.67. The maximum absolute atomic E-state index is 9.18. The Morgan fingerprint density at radius 2 is 1.50 bits per heavy atom. The van der Waals surface area contributed by atoms with Crippen molar-refractivity contribution in [2.45, 2.75) is 26.2 Å². The number of nitriles is 1. The fraction of sp³-hybridized carbons (Fsp3) is 0.190. The van der Waals surface area contributed by atoms with Gasteiger partial charge in [0.25, 0.3) is 0 Å². The van der Waals surface area contributed by atoms with Crippen molar-refractivity contribution in [1.29, 1.82) is 5.26 Å². The molecule has 0 bridgehead atoms. The van der Waals surface area contributed by atoms with E-state index in [0.29, 0.717) is 0 Å². The van der Waals surface area contributed by atoms with Crippen molar-refractivity contribution in [3.63, 3.8) is 0 Å². The number of hydrogen-bond acceptors (Lipinski definition) is 1. The van der Waals surface area contributed by atoms with E-state index in [4.69, 9.17) is 0 Å². The Kier molecular flexibility index (Phi) is 3.47. The normalized spacial score (nSPS) is 11.4. The molecule has 0 heterocycles. The first-order chi connectivity index (χ1) is 10.5. The fourth-order valence-corrected chi connectivity index (χ4v) is 2.72. The third-order valence-electron chi connectivity index (χ3n) is 4.09. The fourth-order valence-electron chi connectivity index (χ4n) is 2.72. The zero-order chi connectivity index (χ0) is 15.7. The molecule has 3 aromatic carbocycles. The van der Waals surface area contributed by atoms with Gasteiger partial charge in [0.1, 0.15) is 0 Å². The Hall–Kier alpha value is -2.59. The van der Waals surface area contributed by atoms with E-state index < -0.39 is 0 Å². The molecule has 1 heteroatoms. The molecule has 0 N–H and O–H groups in total. The molecule has 0 aromatic heterocycles. The summed E-state index contributed by atoms with van der Waals surface area (Å²) in [5, 5.41) is 11.3. The first kappa shape index (κ1) is 14.4. The summed E-state index contributed by atoms with van der Waals surface area (Å²) in [6.07, 6.45) is 0. The lowest BCUT2D eigenvalue weighted by molar-refractivity contribution is 0.590. The van der Waals surface area contributed by atoms with Gasteiger partial charge in [-0.2, -0.15) is 5.26 Å². The molecule has 0 unspecified atom stereocenters. The van der Waals surface area contributed by atoms with Crippen LogP contribution in [0.2, 0.25) is 0 Å². The van der Waals surface area contributed by atoms with Gasteiger partial charge < -0.3 is 0 Å². The van der Waals surface area contributed by atoms with Crippen LogP contribution < -0.4 is 0 Å². The Labute approximate surface area is 131 Å². The van der Waals surface area contributed by atoms with Gasteiger partial charge in [0.2, 0.25) is 0 Å². The lowest BCUT2D eigenvalue weighted by atomic mass is 9.86. The van der Waals surface area contributed by atoms with Crippen molar-refractivity contribution in [3.8, 4) is 17.2 Å². The van der Waals surface area contributed by atoms with Crippen LogP contribution >= 0.6 is 0 Å². The van der Waals surface area contributed by atoms with Crippen LogP contribution in [0.4, 0.5) is 0 Å². The van der Waals surface area contributed by atoms with Gasteiger partial charge in [0.05, 0.1) is 11.6 Å². The first-order valence-corrected chi connectivity index (χ1v) is 7.53. The molecule has 1 nitrogen and oxygen atoms in total. The largest absolute Gasteiger partial charge is 0.192 e. The predicted molar refractivity (Wildman–Crippen MR) is 92.8 cm³/mol. The number of benzene rings is 3. The minimum atomic E-state index is 0.170. The zero-order valence-electron chi connectivity index (χ0n) is 13.2. The van der Waals surface area contributed by atoms with E-state index in [9.17, 15) is 5.26 Å². The maximum Gasteiger partial charge on any atom is 0.0998 e. The molecule has 0 amide bonds. The quantitative estimate of drug-likeness (QED) is 0.564. The van der Waals surface area contributed by atoms with Crippen LogP contribution in [0.15, 0.2) is 60.7 Å². The molecule has 0 fully saturated rings. The zero-order valence-corrected chi connectivity index (χ0v) is 13.2. The standard InChI is InChI=1S/C21H19N/c1-21(2,3)19-10-7-15(8-11-19)16-9-12-20-17(13-16)5-4-6-18(20)14-22/h4-13H,1-3H3. The molecule has 0 spiro atoms. The average Bonchev–Trinajstić information content (AvgIpc) is 2.53. The van der Waals surface area contributed by atoms with Crippen LogP contribution in [-0.4, -0.2) is 0 Å². The number of nitrogens with zero attached hydrogens (tertiary/aromatic N) is 1. The molecular weight excluding hydrogens is 266 g/mol. The topological polar surface area (TPSA) is 23.8 Å². The minimum Gasteiger partial charge on any atom is -0.192 e. The van der Waals surface area contributed by atoms with E-state index in [1.165, 1.54) is 16.7 Å². The summed E-state index contributed by atoms with van der Waals surface area (Å²) in [6, 6.07) is 23.2. The highest BCUT2D eigenvalue weighted by molar-refractivity contribution is 5.91. The van der Waals surface area contributed by atoms with Gasteiger partial charge >= 0.3 is 0 Å². The lowest BCUT2D eigenvalue weighted by Gasteiger charge is -2.19. The van der Waals surface area contributed by atoms with Crippen LogP contribution in [0.25, 0.3) is 21.9 Å². The van der Waals surface area contributed by atoms with Gasteiger partial charge in [-0.15, -0.1) is 0 Å². The second-order valence-electron chi connectivity index (χ2n) is 6.68. The molecule has 0 aliphatic rings. The smallest absolute Gasteiger partial charge is 0.0998 e. The summed E-state index contributed by atoms with van der Waals surface area (Å²) in [5.74, 6) is 0. The van der Waals surface area contributed by atoms with E-state index in [0.717, 1.165) is 16.3 Å². The van der Waals surface area contributed by atoms with E-state index in [1.807, 2.05) is 18.2 Å². The molecule has 0 atom stereocenters. The van der Waals surface area contributed by atoms with Crippen molar-refractivity contribution in [2.75, 3.05) is 0 Å². The highest BCUT2D eigenvalue weighted by atomic mass is 14.2. The second kappa shape index (κ2) is 5.31. The Bertz CT molecular complexity index is 859. The van der Waals surface area contributed by atoms with Gasteiger partial charge in [0, 0.05) is 0 Å². The SMILES string of the molecule is CC(C)(C)c1ccc(-c2ccc3c(C#N)cccc3c2)cc1. The van der Waals surface area contributed by atoms with Crippen LogP contribution in [0.3, 0.4) is 0 Å². The molecule has 22 heavy (non-hydrogen) atoms. The number of fused-ring (bicyclic) bond motifs is 1. The highest BCUT2D eigenvalue weighted by Crippen LogP contribution is 2.29. The van der Waals surface area contributed by atoms with Crippen LogP contribution in [0, 0.1) is 11.3 Å². The molecule has 3 aromatic rings. The van der Waals surface area contributed by atoms with Crippen LogP contribution in [-0.2, 0) is 5.41 Å². The summed E-state index contributed by atoms with van der Waals surface area (Å²) < 4.78 is 0. The van der Waals surface area contributed by atoms with E-state index in [1.54, 1.807) is 0 Å². The summed E-state index contributed by atoms with van der Waals surface area (Å²) in [7, 11) is 0. The van der Waals surface area contributed by atoms with Gasteiger partial charge in [-0.05, 0) is 45.0 Å². The molecular formula is C21H19N. The molecule has 3 rings (SSSR count). The third kappa shape index (κ3) is 2.61. The molecule has 0 aliphatic heterocycles. The van der Waals surface area contributed by atoms with Crippen LogP contribution in [0.5, 0.6) is 0 Å². The summed E-state index contributed by atoms with van der Waals surface area (Å²) in [4.78, 5) is 0. The van der Waals surface area contributed by atoms with Gasteiger partial charge in [-0.1, -0.05) is 69.3 Å². The molecule has 0 saturated heterocycles. The van der Waals surface area contributed by atoms with E-state index in [2.05, 4.69) is 69.3 Å². The van der Waals surface area contributed by atoms with E-state index in [-0.39, 0.29) is 5.41 Å². The summed E-state index contributed by atoms with van der Waals surface area (Å²) >= 11 is 0. The highest BCUT2D eigenvalue weighted by Gasteiger charge is 2.13. The Morgan fingerprint density at radius 1 is 0.818 bits per heavy atom. The average molecular weight is 285 g/mol. The van der Waals surface area contributed by atoms with Crippen molar-refractivity contribution in [3.05, 3.63) is 71.8 Å². The molecule has 0 aliphatic carbocycles. The lowest BCUT2D eigenvalue weighted by Crippen LogP contribution is -2.10. The first-order valence-electron chi connectivity index (χ1n) is 7.53. The maximum atomic E-state index is 9.18. The molecule has 0 radical (unpaired) electrons. The molecule has 108 valence electrons. The van der Waals surface area contributed by atoms with Crippen LogP contribution in [0.1, 0.15) is 31.9 Å². The van der Waals surface area contributed by atoms with Crippen molar-refractivity contribution < 1.29 is 0 Å². The minimum absolute atomic E-state index is 0.170. The number of hydrogen-bond donors (Lipinski definition) is 0. The monoisotopic (exact) mass is 285 g/mol. The second-order valence-corrected chi connectivity index (χ2v) is 6.68. The third-order valence-corrected chi connectivity index (χ3v) is 4.09. The van der Waals surface area contributed by atoms with Gasteiger partial charge in [-0.3, -0.25) is 0 Å². The predicted octanol–water partition coefficient (Wildman–Crippen LogP) is 5.68. The van der Waals surface area contributed by atoms with Crippen molar-refractivity contribution in [1.82, 2.24) is 0 Å². The number of rotatable bonds is 1. The summed E-state index contributed by atoms with van der Waals surface area (Å²) in [5.41, 5.74) is 4.63. The van der Waals surface area contributed by atoms with E-state index >= 15 is 0 Å². The van der Waals surface area contributed by atoms with Gasteiger partial charge in [0.15, 0.2) is 0 Å². The van der Waals surface area contributed by atoms with Crippen molar-refractivity contribution >= 4 is 10.8 Å². The van der Waals surface area contributed by atoms with Crippen molar-refractivity contribution in [2.24, 2.45) is 0 Å². The Balaban J connectivity index is 2.06.